The molecule has 1 fully saturated rings. The Morgan fingerprint density at radius 3 is 2.77 bits per heavy atom. The van der Waals surface area contributed by atoms with Gasteiger partial charge in [0.25, 0.3) is 0 Å². The number of esters is 1. The molecule has 3 nitrogen and oxygen atoms in total. The van der Waals surface area contributed by atoms with Crippen LogP contribution in [0.2, 0.25) is 0 Å². The van der Waals surface area contributed by atoms with Crippen molar-refractivity contribution in [2.45, 2.75) is 38.2 Å². The number of ether oxygens (including phenoxy) is 2. The van der Waals surface area contributed by atoms with Crippen LogP contribution in [0.1, 0.15) is 32.1 Å². The summed E-state index contributed by atoms with van der Waals surface area (Å²) in [4.78, 5) is 10.9. The SMILES string of the molecule is COC(=O)CCC1CCCC1OC. The second-order valence-corrected chi connectivity index (χ2v) is 3.58. The largest absolute Gasteiger partial charge is 0.469 e. The lowest BCUT2D eigenvalue weighted by Gasteiger charge is -2.16. The lowest BCUT2D eigenvalue weighted by molar-refractivity contribution is -0.141. The van der Waals surface area contributed by atoms with Crippen LogP contribution in [0.15, 0.2) is 0 Å². The number of hydrogen-bond acceptors (Lipinski definition) is 3. The summed E-state index contributed by atoms with van der Waals surface area (Å²) in [6.07, 6.45) is 5.36. The van der Waals surface area contributed by atoms with Crippen LogP contribution in [0.3, 0.4) is 0 Å². The fourth-order valence-corrected chi connectivity index (χ4v) is 2.05. The van der Waals surface area contributed by atoms with Gasteiger partial charge in [-0.05, 0) is 25.2 Å². The van der Waals surface area contributed by atoms with Gasteiger partial charge in [0.1, 0.15) is 0 Å². The van der Waals surface area contributed by atoms with Crippen LogP contribution < -0.4 is 0 Å². The van der Waals surface area contributed by atoms with Gasteiger partial charge in [-0.1, -0.05) is 6.42 Å². The maximum atomic E-state index is 10.9. The zero-order chi connectivity index (χ0) is 9.68. The molecule has 0 amide bonds. The fourth-order valence-electron chi connectivity index (χ4n) is 2.05. The zero-order valence-electron chi connectivity index (χ0n) is 8.41. The second-order valence-electron chi connectivity index (χ2n) is 3.58. The lowest BCUT2D eigenvalue weighted by Crippen LogP contribution is -2.17. The highest BCUT2D eigenvalue weighted by atomic mass is 16.5. The van der Waals surface area contributed by atoms with Crippen molar-refractivity contribution in [3.05, 3.63) is 0 Å². The highest BCUT2D eigenvalue weighted by Gasteiger charge is 2.27. The quantitative estimate of drug-likeness (QED) is 0.627. The molecule has 1 saturated carbocycles. The third-order valence-corrected chi connectivity index (χ3v) is 2.84. The van der Waals surface area contributed by atoms with Crippen molar-refractivity contribution < 1.29 is 14.3 Å². The van der Waals surface area contributed by atoms with E-state index < -0.39 is 0 Å². The van der Waals surface area contributed by atoms with Crippen molar-refractivity contribution >= 4 is 5.97 Å². The Morgan fingerprint density at radius 2 is 2.15 bits per heavy atom. The number of carbonyl (C=O) groups is 1. The minimum absolute atomic E-state index is 0.109. The van der Waals surface area contributed by atoms with E-state index in [2.05, 4.69) is 4.74 Å². The van der Waals surface area contributed by atoms with E-state index in [9.17, 15) is 4.79 Å². The van der Waals surface area contributed by atoms with Crippen LogP contribution in [0.5, 0.6) is 0 Å². The van der Waals surface area contributed by atoms with Crippen LogP contribution in [0.4, 0.5) is 0 Å². The van der Waals surface area contributed by atoms with E-state index in [0.29, 0.717) is 18.4 Å². The summed E-state index contributed by atoms with van der Waals surface area (Å²) in [6.45, 7) is 0. The topological polar surface area (TPSA) is 35.5 Å². The van der Waals surface area contributed by atoms with E-state index in [0.717, 1.165) is 12.8 Å². The van der Waals surface area contributed by atoms with Gasteiger partial charge in [0.2, 0.25) is 0 Å². The Bertz CT molecular complexity index is 168. The van der Waals surface area contributed by atoms with Gasteiger partial charge in [0, 0.05) is 13.5 Å². The van der Waals surface area contributed by atoms with Crippen molar-refractivity contribution in [2.24, 2.45) is 5.92 Å². The van der Waals surface area contributed by atoms with Crippen LogP contribution in [-0.4, -0.2) is 26.3 Å². The molecule has 1 rings (SSSR count). The van der Waals surface area contributed by atoms with Gasteiger partial charge in [-0.15, -0.1) is 0 Å². The molecule has 2 atom stereocenters. The van der Waals surface area contributed by atoms with Crippen LogP contribution >= 0.6 is 0 Å². The summed E-state index contributed by atoms with van der Waals surface area (Å²) in [6, 6.07) is 0. The predicted molar refractivity (Wildman–Crippen MR) is 49.4 cm³/mol. The first-order valence-corrected chi connectivity index (χ1v) is 4.87. The highest BCUT2D eigenvalue weighted by molar-refractivity contribution is 5.69. The zero-order valence-corrected chi connectivity index (χ0v) is 8.41. The molecular formula is C10H18O3. The molecule has 0 aromatic heterocycles. The van der Waals surface area contributed by atoms with Gasteiger partial charge in [-0.3, -0.25) is 4.79 Å². The first-order valence-electron chi connectivity index (χ1n) is 4.87. The van der Waals surface area contributed by atoms with Gasteiger partial charge in [0.15, 0.2) is 0 Å². The molecule has 0 bridgehead atoms. The van der Waals surface area contributed by atoms with E-state index in [4.69, 9.17) is 4.74 Å². The van der Waals surface area contributed by atoms with Crippen LogP contribution in [0, 0.1) is 5.92 Å². The fraction of sp³-hybridized carbons (Fsp3) is 0.900. The number of carbonyl (C=O) groups excluding carboxylic acids is 1. The highest BCUT2D eigenvalue weighted by Crippen LogP contribution is 2.31. The molecule has 0 heterocycles. The molecular weight excluding hydrogens is 168 g/mol. The molecule has 1 aliphatic carbocycles. The summed E-state index contributed by atoms with van der Waals surface area (Å²) in [5.41, 5.74) is 0. The maximum absolute atomic E-state index is 10.9. The Labute approximate surface area is 79.4 Å². The molecule has 76 valence electrons. The number of hydrogen-bond donors (Lipinski definition) is 0. The first kappa shape index (κ1) is 10.5. The monoisotopic (exact) mass is 186 g/mol. The normalized spacial score (nSPS) is 27.5. The molecule has 0 radical (unpaired) electrons. The van der Waals surface area contributed by atoms with Crippen molar-refractivity contribution in [2.75, 3.05) is 14.2 Å². The van der Waals surface area contributed by atoms with Crippen LogP contribution in [-0.2, 0) is 14.3 Å². The standard InChI is InChI=1S/C10H18O3/c1-12-9-5-3-4-8(9)6-7-10(11)13-2/h8-9H,3-7H2,1-2H3. The second kappa shape index (κ2) is 5.22. The van der Waals surface area contributed by atoms with Gasteiger partial charge in [0.05, 0.1) is 13.2 Å². The summed E-state index contributed by atoms with van der Waals surface area (Å²) in [7, 11) is 3.19. The third kappa shape index (κ3) is 2.99. The number of methoxy groups -OCH3 is 2. The van der Waals surface area contributed by atoms with Crippen LogP contribution in [0.25, 0.3) is 0 Å². The summed E-state index contributed by atoms with van der Waals surface area (Å²) in [5.74, 6) is 0.450. The molecule has 0 aliphatic heterocycles. The Kier molecular flexibility index (Phi) is 4.22. The smallest absolute Gasteiger partial charge is 0.305 e. The average molecular weight is 186 g/mol. The van der Waals surface area contributed by atoms with E-state index in [1.807, 2.05) is 0 Å². The summed E-state index contributed by atoms with van der Waals surface area (Å²) < 4.78 is 9.94. The van der Waals surface area contributed by atoms with Gasteiger partial charge in [-0.25, -0.2) is 0 Å². The van der Waals surface area contributed by atoms with Crippen molar-refractivity contribution in [3.8, 4) is 0 Å². The average Bonchev–Trinajstić information content (AvgIpc) is 2.61. The molecule has 0 aromatic carbocycles. The predicted octanol–water partition coefficient (Wildman–Crippen LogP) is 1.75. The Morgan fingerprint density at radius 1 is 1.38 bits per heavy atom. The summed E-state index contributed by atoms with van der Waals surface area (Å²) >= 11 is 0. The molecule has 2 unspecified atom stereocenters. The lowest BCUT2D eigenvalue weighted by atomic mass is 10.00. The Balaban J connectivity index is 2.23. The first-order chi connectivity index (χ1) is 6.27. The number of rotatable bonds is 4. The molecule has 0 N–H and O–H groups in total. The van der Waals surface area contributed by atoms with Crippen molar-refractivity contribution in [3.63, 3.8) is 0 Å². The summed E-state index contributed by atoms with van der Waals surface area (Å²) in [5, 5.41) is 0. The van der Waals surface area contributed by atoms with E-state index in [-0.39, 0.29) is 5.97 Å². The maximum Gasteiger partial charge on any atom is 0.305 e. The molecule has 1 aliphatic rings. The van der Waals surface area contributed by atoms with Gasteiger partial charge in [-0.2, -0.15) is 0 Å². The molecule has 0 spiro atoms. The third-order valence-electron chi connectivity index (χ3n) is 2.84. The molecule has 13 heavy (non-hydrogen) atoms. The van der Waals surface area contributed by atoms with Gasteiger partial charge < -0.3 is 9.47 Å². The molecule has 0 aromatic rings. The van der Waals surface area contributed by atoms with Gasteiger partial charge >= 0.3 is 5.97 Å². The van der Waals surface area contributed by atoms with Crippen molar-refractivity contribution in [1.29, 1.82) is 0 Å². The van der Waals surface area contributed by atoms with Crippen molar-refractivity contribution in [1.82, 2.24) is 0 Å². The van der Waals surface area contributed by atoms with E-state index in [1.165, 1.54) is 20.0 Å². The Hall–Kier alpha value is -0.570. The minimum Gasteiger partial charge on any atom is -0.469 e. The molecule has 3 heteroatoms. The minimum atomic E-state index is -0.109. The molecule has 0 saturated heterocycles. The van der Waals surface area contributed by atoms with E-state index in [1.54, 1.807) is 7.11 Å². The van der Waals surface area contributed by atoms with E-state index >= 15 is 0 Å².